The zero-order chi connectivity index (χ0) is 21.5. The molecule has 5 N–H and O–H groups in total. The summed E-state index contributed by atoms with van der Waals surface area (Å²) in [6.07, 6.45) is 6.70. The van der Waals surface area contributed by atoms with Gasteiger partial charge in [0.05, 0.1) is 25.9 Å². The van der Waals surface area contributed by atoms with Crippen molar-refractivity contribution < 1.29 is 35.0 Å². The van der Waals surface area contributed by atoms with Crippen LogP contribution in [0.1, 0.15) is 71.1 Å². The summed E-state index contributed by atoms with van der Waals surface area (Å²) in [4.78, 5) is 4.19. The second-order valence-electron chi connectivity index (χ2n) is 7.85. The lowest BCUT2D eigenvalue weighted by Crippen LogP contribution is -2.59. The summed E-state index contributed by atoms with van der Waals surface area (Å²) in [5.41, 5.74) is 0. The van der Waals surface area contributed by atoms with Crippen molar-refractivity contribution >= 4 is 6.21 Å². The lowest BCUT2D eigenvalue weighted by molar-refractivity contribution is -0.304. The number of ether oxygens (including phenoxy) is 2. The molecule has 1 aliphatic heterocycles. The highest BCUT2D eigenvalue weighted by atomic mass is 16.7. The van der Waals surface area contributed by atoms with E-state index < -0.39 is 43.4 Å². The van der Waals surface area contributed by atoms with E-state index in [0.29, 0.717) is 0 Å². The molecule has 0 aromatic carbocycles. The Kier molecular flexibility index (Phi) is 14.7. The molecule has 0 bridgehead atoms. The molecule has 1 aliphatic rings. The van der Waals surface area contributed by atoms with Gasteiger partial charge in [-0.1, -0.05) is 58.3 Å². The van der Waals surface area contributed by atoms with Gasteiger partial charge in [-0.05, 0) is 19.1 Å². The number of nitrogens with zero attached hydrogens (tertiary/aromatic N) is 1. The van der Waals surface area contributed by atoms with Crippen molar-refractivity contribution in [3.63, 3.8) is 0 Å². The summed E-state index contributed by atoms with van der Waals surface area (Å²) in [6.45, 7) is 1.75. The van der Waals surface area contributed by atoms with Gasteiger partial charge >= 0.3 is 0 Å². The summed E-state index contributed by atoms with van der Waals surface area (Å²) in [6, 6.07) is 0. The van der Waals surface area contributed by atoms with Gasteiger partial charge in [-0.15, -0.1) is 0 Å². The van der Waals surface area contributed by atoms with Gasteiger partial charge in [0.1, 0.15) is 24.4 Å². The van der Waals surface area contributed by atoms with Crippen molar-refractivity contribution in [2.24, 2.45) is 4.99 Å². The Morgan fingerprint density at radius 1 is 0.931 bits per heavy atom. The quantitative estimate of drug-likeness (QED) is 0.187. The number of unbranched alkanes of at least 4 members (excludes halogenated alkanes) is 9. The highest BCUT2D eigenvalue weighted by Gasteiger charge is 2.44. The molecule has 1 rings (SSSR count). The molecule has 1 unspecified atom stereocenters. The average Bonchev–Trinajstić information content (AvgIpc) is 2.72. The fourth-order valence-electron chi connectivity index (χ4n) is 3.30. The molecular weight excluding hydrogens is 378 g/mol. The first-order chi connectivity index (χ1) is 14.0. The first kappa shape index (κ1) is 26.4. The molecule has 8 nitrogen and oxygen atoms in total. The lowest BCUT2D eigenvalue weighted by Gasteiger charge is -2.39. The van der Waals surface area contributed by atoms with Gasteiger partial charge in [-0.25, -0.2) is 0 Å². The Labute approximate surface area is 174 Å². The maximum atomic E-state index is 9.93. The van der Waals surface area contributed by atoms with E-state index in [0.717, 1.165) is 12.8 Å². The normalized spacial score (nSPS) is 28.8. The van der Waals surface area contributed by atoms with Gasteiger partial charge in [0.15, 0.2) is 6.29 Å². The summed E-state index contributed by atoms with van der Waals surface area (Å²) >= 11 is 0. The van der Waals surface area contributed by atoms with Gasteiger partial charge < -0.3 is 35.0 Å². The summed E-state index contributed by atoms with van der Waals surface area (Å²) < 4.78 is 10.5. The van der Waals surface area contributed by atoms with Gasteiger partial charge in [0.25, 0.3) is 0 Å². The highest BCUT2D eigenvalue weighted by molar-refractivity contribution is 5.56. The Balaban J connectivity index is 2.06. The van der Waals surface area contributed by atoms with Crippen LogP contribution in [0.2, 0.25) is 0 Å². The number of aliphatic imine (C=N–C) groups is 1. The summed E-state index contributed by atoms with van der Waals surface area (Å²) in [5, 5.41) is 48.4. The molecule has 1 saturated heterocycles. The minimum Gasteiger partial charge on any atom is -0.394 e. The van der Waals surface area contributed by atoms with E-state index in [9.17, 15) is 20.4 Å². The van der Waals surface area contributed by atoms with Gasteiger partial charge in [0.2, 0.25) is 0 Å². The minimum atomic E-state index is -1.49. The SMILES string of the molecule is CCCCCCCCCCCC=NCC(O)CO[C@H]1O[C@H](CO)[C@H](O)[C@H](O)[C@H]1O. The maximum Gasteiger partial charge on any atom is 0.186 e. The van der Waals surface area contributed by atoms with E-state index in [1.165, 1.54) is 51.4 Å². The Hall–Kier alpha value is -0.610. The van der Waals surface area contributed by atoms with E-state index in [-0.39, 0.29) is 13.2 Å². The first-order valence-electron chi connectivity index (χ1n) is 11.1. The molecule has 8 heteroatoms. The van der Waals surface area contributed by atoms with Gasteiger partial charge in [-0.3, -0.25) is 4.99 Å². The smallest absolute Gasteiger partial charge is 0.186 e. The third kappa shape index (κ3) is 10.8. The van der Waals surface area contributed by atoms with Crippen molar-refractivity contribution in [2.75, 3.05) is 19.8 Å². The number of aliphatic hydroxyl groups is 5. The molecule has 172 valence electrons. The van der Waals surface area contributed by atoms with Crippen molar-refractivity contribution in [2.45, 2.75) is 108 Å². The van der Waals surface area contributed by atoms with Crippen LogP contribution in [0, 0.1) is 0 Å². The molecule has 0 radical (unpaired) electrons. The predicted octanol–water partition coefficient (Wildman–Crippen LogP) is 1.16. The third-order valence-corrected chi connectivity index (χ3v) is 5.18. The number of hydrogen-bond acceptors (Lipinski definition) is 8. The van der Waals surface area contributed by atoms with Crippen molar-refractivity contribution in [1.29, 1.82) is 0 Å². The fourth-order valence-corrected chi connectivity index (χ4v) is 3.30. The largest absolute Gasteiger partial charge is 0.394 e. The van der Waals surface area contributed by atoms with E-state index in [1.807, 2.05) is 6.21 Å². The molecular formula is C21H41NO7. The summed E-state index contributed by atoms with van der Waals surface area (Å²) in [7, 11) is 0. The van der Waals surface area contributed by atoms with E-state index >= 15 is 0 Å². The van der Waals surface area contributed by atoms with Gasteiger partial charge in [-0.2, -0.15) is 0 Å². The number of aliphatic hydroxyl groups excluding tert-OH is 5. The molecule has 0 aliphatic carbocycles. The predicted molar refractivity (Wildman–Crippen MR) is 111 cm³/mol. The van der Waals surface area contributed by atoms with Crippen LogP contribution in [0.4, 0.5) is 0 Å². The molecule has 0 spiro atoms. The molecule has 1 fully saturated rings. The Bertz CT molecular complexity index is 422. The number of hydrogen-bond donors (Lipinski definition) is 5. The van der Waals surface area contributed by atoms with E-state index in [1.54, 1.807) is 0 Å². The minimum absolute atomic E-state index is 0.141. The van der Waals surface area contributed by atoms with Crippen LogP contribution in [-0.4, -0.2) is 88.3 Å². The van der Waals surface area contributed by atoms with Crippen LogP contribution >= 0.6 is 0 Å². The second kappa shape index (κ2) is 16.1. The van der Waals surface area contributed by atoms with Crippen molar-refractivity contribution in [1.82, 2.24) is 0 Å². The van der Waals surface area contributed by atoms with Crippen LogP contribution < -0.4 is 0 Å². The van der Waals surface area contributed by atoms with Crippen molar-refractivity contribution in [3.8, 4) is 0 Å². The maximum absolute atomic E-state index is 9.93. The Morgan fingerprint density at radius 3 is 2.17 bits per heavy atom. The molecule has 0 saturated carbocycles. The number of rotatable bonds is 16. The monoisotopic (exact) mass is 419 g/mol. The molecule has 1 heterocycles. The molecule has 6 atom stereocenters. The second-order valence-corrected chi connectivity index (χ2v) is 7.85. The van der Waals surface area contributed by atoms with Crippen LogP contribution in [0.25, 0.3) is 0 Å². The zero-order valence-electron chi connectivity index (χ0n) is 17.7. The standard InChI is InChI=1S/C21H41NO7/c1-2-3-4-5-6-7-8-9-10-11-12-22-13-16(24)15-28-21-20(27)19(26)18(25)17(14-23)29-21/h12,16-21,23-27H,2-11,13-15H2,1H3/t16?,17-,18+,19+,20-,21+/m1/s1. The van der Waals surface area contributed by atoms with E-state index in [4.69, 9.17) is 14.6 Å². The Morgan fingerprint density at radius 2 is 1.55 bits per heavy atom. The first-order valence-corrected chi connectivity index (χ1v) is 11.1. The van der Waals surface area contributed by atoms with Crippen molar-refractivity contribution in [3.05, 3.63) is 0 Å². The van der Waals surface area contributed by atoms with Crippen LogP contribution in [0.5, 0.6) is 0 Å². The topological polar surface area (TPSA) is 132 Å². The van der Waals surface area contributed by atoms with Gasteiger partial charge in [0, 0.05) is 0 Å². The molecule has 0 aromatic heterocycles. The lowest BCUT2D eigenvalue weighted by atomic mass is 9.99. The third-order valence-electron chi connectivity index (χ3n) is 5.18. The molecule has 0 aromatic rings. The highest BCUT2D eigenvalue weighted by Crippen LogP contribution is 2.22. The summed E-state index contributed by atoms with van der Waals surface area (Å²) in [5.74, 6) is 0. The molecule has 0 amide bonds. The van der Waals surface area contributed by atoms with Crippen LogP contribution in [0.3, 0.4) is 0 Å². The van der Waals surface area contributed by atoms with Crippen LogP contribution in [-0.2, 0) is 9.47 Å². The average molecular weight is 420 g/mol. The zero-order valence-corrected chi connectivity index (χ0v) is 17.7. The fraction of sp³-hybridized carbons (Fsp3) is 0.952. The van der Waals surface area contributed by atoms with Crippen LogP contribution in [0.15, 0.2) is 4.99 Å². The van der Waals surface area contributed by atoms with E-state index in [2.05, 4.69) is 11.9 Å². The molecule has 29 heavy (non-hydrogen) atoms.